The molecule has 1 heteroatoms. The molecule has 4 aliphatic carbocycles. The second-order valence-electron chi connectivity index (χ2n) is 7.80. The molecule has 21 heavy (non-hydrogen) atoms. The number of rotatable bonds is 0. The van der Waals surface area contributed by atoms with Crippen LogP contribution in [0, 0.1) is 35.5 Å². The molecule has 0 aromatic rings. The zero-order valence-electron chi connectivity index (χ0n) is 13.0. The second-order valence-corrected chi connectivity index (χ2v) is 7.80. The SMILES string of the molecule is C#C[C@@H]1CC2=CC(=O)CCC2=C2CC[C@]3(C)CCC[C@H]3[C@@H]21. The van der Waals surface area contributed by atoms with Crippen molar-refractivity contribution in [3.63, 3.8) is 0 Å². The van der Waals surface area contributed by atoms with Crippen LogP contribution in [-0.2, 0) is 4.79 Å². The second kappa shape index (κ2) is 4.60. The lowest BCUT2D eigenvalue weighted by molar-refractivity contribution is -0.114. The first-order chi connectivity index (χ1) is 10.1. The summed E-state index contributed by atoms with van der Waals surface area (Å²) in [6, 6.07) is 0. The third-order valence-corrected chi connectivity index (χ3v) is 6.78. The third kappa shape index (κ3) is 1.88. The minimum Gasteiger partial charge on any atom is -0.295 e. The van der Waals surface area contributed by atoms with E-state index in [0.29, 0.717) is 29.5 Å². The number of hydrogen-bond donors (Lipinski definition) is 0. The monoisotopic (exact) mass is 280 g/mol. The number of fused-ring (bicyclic) bond motifs is 4. The van der Waals surface area contributed by atoms with Crippen LogP contribution in [-0.4, -0.2) is 5.78 Å². The van der Waals surface area contributed by atoms with Crippen molar-refractivity contribution in [2.24, 2.45) is 23.2 Å². The zero-order chi connectivity index (χ0) is 14.6. The number of allylic oxidation sites excluding steroid dienone is 4. The highest BCUT2D eigenvalue weighted by molar-refractivity contribution is 5.93. The van der Waals surface area contributed by atoms with E-state index in [9.17, 15) is 4.79 Å². The van der Waals surface area contributed by atoms with Crippen molar-refractivity contribution in [1.29, 1.82) is 0 Å². The van der Waals surface area contributed by atoms with Gasteiger partial charge in [-0.1, -0.05) is 18.9 Å². The summed E-state index contributed by atoms with van der Waals surface area (Å²) in [6.07, 6.45) is 17.1. The number of hydrogen-bond acceptors (Lipinski definition) is 1. The molecule has 0 radical (unpaired) electrons. The maximum Gasteiger partial charge on any atom is 0.156 e. The number of ketones is 1. The van der Waals surface area contributed by atoms with Gasteiger partial charge in [0, 0.05) is 12.3 Å². The van der Waals surface area contributed by atoms with Gasteiger partial charge in [-0.25, -0.2) is 0 Å². The molecule has 0 aromatic heterocycles. The van der Waals surface area contributed by atoms with Gasteiger partial charge in [0.2, 0.25) is 0 Å². The zero-order valence-corrected chi connectivity index (χ0v) is 13.0. The smallest absolute Gasteiger partial charge is 0.156 e. The van der Waals surface area contributed by atoms with E-state index in [-0.39, 0.29) is 0 Å². The lowest BCUT2D eigenvalue weighted by Crippen LogP contribution is -2.40. The van der Waals surface area contributed by atoms with E-state index in [4.69, 9.17) is 6.42 Å². The fourth-order valence-corrected chi connectivity index (χ4v) is 5.73. The summed E-state index contributed by atoms with van der Waals surface area (Å²) >= 11 is 0. The molecule has 0 spiro atoms. The molecular formula is C20H24O. The van der Waals surface area contributed by atoms with Crippen molar-refractivity contribution in [3.8, 4) is 12.3 Å². The standard InChI is InChI=1S/C20H24O/c1-3-13-11-14-12-15(21)6-7-16(14)17-8-10-20(2)9-4-5-18(20)19(13)17/h1,12-13,18-19H,4-11H2,2H3/t13-,18+,19-,20+/m1/s1. The first-order valence-electron chi connectivity index (χ1n) is 8.54. The summed E-state index contributed by atoms with van der Waals surface area (Å²) in [5, 5.41) is 0. The van der Waals surface area contributed by atoms with Crippen LogP contribution in [0.4, 0.5) is 0 Å². The van der Waals surface area contributed by atoms with E-state index >= 15 is 0 Å². The Morgan fingerprint density at radius 1 is 1.29 bits per heavy atom. The highest BCUT2D eigenvalue weighted by Crippen LogP contribution is 2.61. The average Bonchev–Trinajstić information content (AvgIpc) is 2.87. The molecule has 0 amide bonds. The van der Waals surface area contributed by atoms with Crippen LogP contribution in [0.2, 0.25) is 0 Å². The molecule has 0 N–H and O–H groups in total. The Bertz CT molecular complexity index is 600. The van der Waals surface area contributed by atoms with E-state index in [1.165, 1.54) is 43.3 Å². The van der Waals surface area contributed by atoms with Crippen LogP contribution >= 0.6 is 0 Å². The molecule has 110 valence electrons. The molecule has 0 unspecified atom stereocenters. The Hall–Kier alpha value is -1.29. The van der Waals surface area contributed by atoms with Gasteiger partial charge in [-0.2, -0.15) is 0 Å². The van der Waals surface area contributed by atoms with Crippen LogP contribution in [0.5, 0.6) is 0 Å². The molecule has 4 aliphatic rings. The fourth-order valence-electron chi connectivity index (χ4n) is 5.73. The average molecular weight is 280 g/mol. The van der Waals surface area contributed by atoms with E-state index in [1.807, 2.05) is 6.08 Å². The predicted molar refractivity (Wildman–Crippen MR) is 84.5 cm³/mol. The molecule has 4 rings (SSSR count). The molecule has 2 fully saturated rings. The maximum absolute atomic E-state index is 11.8. The van der Waals surface area contributed by atoms with Crippen molar-refractivity contribution < 1.29 is 4.79 Å². The molecule has 0 heterocycles. The summed E-state index contributed by atoms with van der Waals surface area (Å²) in [7, 11) is 0. The summed E-state index contributed by atoms with van der Waals surface area (Å²) in [4.78, 5) is 11.8. The van der Waals surface area contributed by atoms with Crippen molar-refractivity contribution in [2.75, 3.05) is 0 Å². The minimum absolute atomic E-state index is 0.296. The van der Waals surface area contributed by atoms with Crippen LogP contribution in [0.15, 0.2) is 22.8 Å². The predicted octanol–water partition coefficient (Wildman–Crippen LogP) is 4.44. The van der Waals surface area contributed by atoms with E-state index in [0.717, 1.165) is 18.8 Å². The molecule has 2 saturated carbocycles. The normalized spacial score (nSPS) is 41.8. The Morgan fingerprint density at radius 3 is 2.95 bits per heavy atom. The highest BCUT2D eigenvalue weighted by atomic mass is 16.1. The van der Waals surface area contributed by atoms with Crippen LogP contribution < -0.4 is 0 Å². The van der Waals surface area contributed by atoms with Gasteiger partial charge >= 0.3 is 0 Å². The van der Waals surface area contributed by atoms with Crippen LogP contribution in [0.3, 0.4) is 0 Å². The maximum atomic E-state index is 11.8. The first-order valence-corrected chi connectivity index (χ1v) is 8.54. The molecule has 1 nitrogen and oxygen atoms in total. The quantitative estimate of drug-likeness (QED) is 0.599. The third-order valence-electron chi connectivity index (χ3n) is 6.78. The van der Waals surface area contributed by atoms with Crippen molar-refractivity contribution in [3.05, 3.63) is 22.8 Å². The summed E-state index contributed by atoms with van der Waals surface area (Å²) in [6.45, 7) is 2.50. The Balaban J connectivity index is 1.82. The molecule has 0 saturated heterocycles. The fraction of sp³-hybridized carbons (Fsp3) is 0.650. The Kier molecular flexibility index (Phi) is 2.93. The number of carbonyl (C=O) groups excluding carboxylic acids is 1. The highest BCUT2D eigenvalue weighted by Gasteiger charge is 2.51. The van der Waals surface area contributed by atoms with Crippen LogP contribution in [0.25, 0.3) is 0 Å². The Morgan fingerprint density at radius 2 is 2.14 bits per heavy atom. The molecule has 4 atom stereocenters. The van der Waals surface area contributed by atoms with Gasteiger partial charge in [-0.05, 0) is 73.0 Å². The lowest BCUT2D eigenvalue weighted by Gasteiger charge is -2.49. The summed E-state index contributed by atoms with van der Waals surface area (Å²) in [5.74, 6) is 5.11. The summed E-state index contributed by atoms with van der Waals surface area (Å²) < 4.78 is 0. The molecular weight excluding hydrogens is 256 g/mol. The molecule has 0 aromatic carbocycles. The van der Waals surface area contributed by atoms with Crippen molar-refractivity contribution >= 4 is 5.78 Å². The summed E-state index contributed by atoms with van der Waals surface area (Å²) in [5.41, 5.74) is 4.98. The van der Waals surface area contributed by atoms with Gasteiger partial charge in [0.15, 0.2) is 5.78 Å². The largest absolute Gasteiger partial charge is 0.295 e. The van der Waals surface area contributed by atoms with Gasteiger partial charge in [-0.3, -0.25) is 4.79 Å². The lowest BCUT2D eigenvalue weighted by atomic mass is 9.55. The van der Waals surface area contributed by atoms with Gasteiger partial charge in [-0.15, -0.1) is 12.3 Å². The van der Waals surface area contributed by atoms with Crippen molar-refractivity contribution in [2.45, 2.75) is 58.3 Å². The van der Waals surface area contributed by atoms with E-state index in [1.54, 1.807) is 5.57 Å². The van der Waals surface area contributed by atoms with Crippen molar-refractivity contribution in [1.82, 2.24) is 0 Å². The first kappa shape index (κ1) is 13.4. The van der Waals surface area contributed by atoms with E-state index in [2.05, 4.69) is 12.8 Å². The topological polar surface area (TPSA) is 17.1 Å². The Labute approximate surface area is 127 Å². The van der Waals surface area contributed by atoms with E-state index < -0.39 is 0 Å². The van der Waals surface area contributed by atoms with Gasteiger partial charge < -0.3 is 0 Å². The van der Waals surface area contributed by atoms with Gasteiger partial charge in [0.25, 0.3) is 0 Å². The molecule has 0 bridgehead atoms. The minimum atomic E-state index is 0.296. The van der Waals surface area contributed by atoms with Gasteiger partial charge in [0.05, 0.1) is 0 Å². The van der Waals surface area contributed by atoms with Gasteiger partial charge in [0.1, 0.15) is 0 Å². The molecule has 0 aliphatic heterocycles. The number of carbonyl (C=O) groups is 1. The number of terminal acetylenes is 1. The van der Waals surface area contributed by atoms with Crippen LogP contribution in [0.1, 0.15) is 58.3 Å².